The molecule has 2 atom stereocenters. The summed E-state index contributed by atoms with van der Waals surface area (Å²) in [5, 5.41) is 14.4. The van der Waals surface area contributed by atoms with E-state index < -0.39 is 0 Å². The van der Waals surface area contributed by atoms with Crippen LogP contribution < -0.4 is 9.47 Å². The van der Waals surface area contributed by atoms with E-state index in [9.17, 15) is 5.26 Å². The summed E-state index contributed by atoms with van der Waals surface area (Å²) in [5.41, 5.74) is 4.81. The Balaban J connectivity index is 1.57. The summed E-state index contributed by atoms with van der Waals surface area (Å²) < 4.78 is 12.3. The average Bonchev–Trinajstić information content (AvgIpc) is 3.46. The highest BCUT2D eigenvalue weighted by Crippen LogP contribution is 2.56. The fourth-order valence-corrected chi connectivity index (χ4v) is 4.05. The van der Waals surface area contributed by atoms with E-state index in [1.807, 2.05) is 24.4 Å². The molecule has 1 aromatic carbocycles. The van der Waals surface area contributed by atoms with Crippen molar-refractivity contribution in [1.29, 1.82) is 5.26 Å². The molecular weight excluding hydrogens is 416 g/mol. The molecule has 1 aliphatic rings. The first-order valence-electron chi connectivity index (χ1n) is 9.62. The number of hydrogen-bond acceptors (Lipinski definition) is 7. The topological polar surface area (TPSA) is 98.2 Å². The lowest BCUT2D eigenvalue weighted by Gasteiger charge is -2.11. The van der Waals surface area contributed by atoms with Crippen LogP contribution in [0.5, 0.6) is 11.9 Å². The molecule has 0 bridgehead atoms. The van der Waals surface area contributed by atoms with Crippen molar-refractivity contribution in [3.63, 3.8) is 0 Å². The van der Waals surface area contributed by atoms with Gasteiger partial charge in [0.15, 0.2) is 5.65 Å². The molecule has 0 aliphatic heterocycles. The van der Waals surface area contributed by atoms with Gasteiger partial charge in [-0.1, -0.05) is 17.7 Å². The molecule has 0 amide bonds. The molecule has 0 radical (unpaired) electrons. The molecular formula is C22H17ClN6O2. The summed E-state index contributed by atoms with van der Waals surface area (Å²) in [7, 11) is 3.05. The van der Waals surface area contributed by atoms with Gasteiger partial charge in [-0.2, -0.15) is 15.3 Å². The number of halogens is 1. The zero-order valence-corrected chi connectivity index (χ0v) is 17.5. The molecule has 5 rings (SSSR count). The molecule has 0 N–H and O–H groups in total. The highest BCUT2D eigenvalue weighted by molar-refractivity contribution is 6.31. The monoisotopic (exact) mass is 432 g/mol. The van der Waals surface area contributed by atoms with Crippen molar-refractivity contribution >= 4 is 17.2 Å². The number of ether oxygens (including phenoxy) is 2. The molecule has 31 heavy (non-hydrogen) atoms. The molecule has 1 fully saturated rings. The smallest absolute Gasteiger partial charge is 0.319 e. The maximum Gasteiger partial charge on any atom is 0.319 e. The van der Waals surface area contributed by atoms with Gasteiger partial charge < -0.3 is 9.47 Å². The van der Waals surface area contributed by atoms with Crippen LogP contribution in [0.1, 0.15) is 34.9 Å². The second-order valence-electron chi connectivity index (χ2n) is 7.26. The zero-order valence-electron chi connectivity index (χ0n) is 16.8. The maximum absolute atomic E-state index is 9.30. The third kappa shape index (κ3) is 3.33. The first-order chi connectivity index (χ1) is 15.1. The van der Waals surface area contributed by atoms with Crippen LogP contribution in [0.15, 0.2) is 42.9 Å². The Hall–Kier alpha value is -3.70. The Labute approximate surface area is 183 Å². The van der Waals surface area contributed by atoms with Crippen LogP contribution in [-0.2, 0) is 0 Å². The number of rotatable bonds is 5. The minimum absolute atomic E-state index is 0.225. The number of imidazole rings is 1. The fraction of sp³-hybridized carbons (Fsp3) is 0.227. The highest BCUT2D eigenvalue weighted by Gasteiger charge is 2.41. The molecule has 4 aromatic rings. The van der Waals surface area contributed by atoms with Crippen molar-refractivity contribution in [2.45, 2.75) is 18.3 Å². The maximum atomic E-state index is 9.30. The molecule has 154 valence electrons. The van der Waals surface area contributed by atoms with Crippen LogP contribution in [0.25, 0.3) is 16.9 Å². The predicted octanol–water partition coefficient (Wildman–Crippen LogP) is 4.00. The summed E-state index contributed by atoms with van der Waals surface area (Å²) in [5.74, 6) is 0.923. The van der Waals surface area contributed by atoms with Crippen molar-refractivity contribution in [1.82, 2.24) is 24.6 Å². The van der Waals surface area contributed by atoms with E-state index in [0.717, 1.165) is 23.2 Å². The van der Waals surface area contributed by atoms with Gasteiger partial charge in [0.2, 0.25) is 5.88 Å². The van der Waals surface area contributed by atoms with E-state index in [-0.39, 0.29) is 17.8 Å². The van der Waals surface area contributed by atoms with Crippen LogP contribution in [0, 0.1) is 11.3 Å². The van der Waals surface area contributed by atoms with E-state index in [0.29, 0.717) is 27.7 Å². The van der Waals surface area contributed by atoms with Gasteiger partial charge in [-0.3, -0.25) is 0 Å². The van der Waals surface area contributed by atoms with Crippen LogP contribution in [0.3, 0.4) is 0 Å². The number of hydrogen-bond donors (Lipinski definition) is 0. The number of nitriles is 1. The van der Waals surface area contributed by atoms with E-state index in [4.69, 9.17) is 21.1 Å². The predicted molar refractivity (Wildman–Crippen MR) is 113 cm³/mol. The van der Waals surface area contributed by atoms with Gasteiger partial charge in [0.1, 0.15) is 6.07 Å². The van der Waals surface area contributed by atoms with Gasteiger partial charge >= 0.3 is 6.01 Å². The van der Waals surface area contributed by atoms with Crippen LogP contribution in [0.4, 0.5) is 0 Å². The molecule has 0 spiro atoms. The van der Waals surface area contributed by atoms with Gasteiger partial charge in [-0.05, 0) is 42.0 Å². The minimum atomic E-state index is 0.225. The molecule has 1 aliphatic carbocycles. The van der Waals surface area contributed by atoms with Crippen molar-refractivity contribution in [3.05, 3.63) is 64.6 Å². The summed E-state index contributed by atoms with van der Waals surface area (Å²) in [6.07, 6.45) is 6.13. The number of nitrogens with zero attached hydrogens (tertiary/aromatic N) is 6. The van der Waals surface area contributed by atoms with E-state index in [2.05, 4.69) is 26.1 Å². The fourth-order valence-electron chi connectivity index (χ4n) is 3.89. The molecule has 9 heteroatoms. The summed E-state index contributed by atoms with van der Waals surface area (Å²) in [4.78, 5) is 13.0. The quantitative estimate of drug-likeness (QED) is 0.470. The number of fused-ring (bicyclic) bond motifs is 1. The highest BCUT2D eigenvalue weighted by atomic mass is 35.5. The molecule has 1 saturated carbocycles. The second kappa shape index (κ2) is 7.52. The first-order valence-corrected chi connectivity index (χ1v) is 10.00. The van der Waals surface area contributed by atoms with Gasteiger partial charge in [0.25, 0.3) is 0 Å². The lowest BCUT2D eigenvalue weighted by atomic mass is 10.0. The minimum Gasteiger partial charge on any atom is -0.480 e. The lowest BCUT2D eigenvalue weighted by Crippen LogP contribution is -2.02. The first kappa shape index (κ1) is 19.3. The number of aromatic nitrogens is 5. The number of benzene rings is 1. The molecule has 3 heterocycles. The Kier molecular flexibility index (Phi) is 4.68. The Morgan fingerprint density at radius 3 is 2.81 bits per heavy atom. The van der Waals surface area contributed by atoms with Crippen LogP contribution in [-0.4, -0.2) is 38.8 Å². The SMILES string of the molecule is COc1ncc(-c2cc(C3C[C@@H]3c3ccc(Cl)c(C#N)c3)c3nccn3n2)c(OC)n1. The number of methoxy groups -OCH3 is 2. The van der Waals surface area contributed by atoms with Gasteiger partial charge in [-0.25, -0.2) is 14.5 Å². The third-order valence-electron chi connectivity index (χ3n) is 5.50. The molecule has 3 aromatic heterocycles. The zero-order chi connectivity index (χ0) is 21.5. The summed E-state index contributed by atoms with van der Waals surface area (Å²) >= 11 is 6.10. The van der Waals surface area contributed by atoms with Gasteiger partial charge in [0.05, 0.1) is 36.1 Å². The van der Waals surface area contributed by atoms with Crippen LogP contribution >= 0.6 is 11.6 Å². The summed E-state index contributed by atoms with van der Waals surface area (Å²) in [6.45, 7) is 0. The van der Waals surface area contributed by atoms with E-state index in [1.165, 1.54) is 7.11 Å². The van der Waals surface area contributed by atoms with Crippen molar-refractivity contribution in [2.24, 2.45) is 0 Å². The summed E-state index contributed by atoms with van der Waals surface area (Å²) in [6, 6.07) is 10.0. The van der Waals surface area contributed by atoms with Crippen molar-refractivity contribution in [3.8, 4) is 29.2 Å². The van der Waals surface area contributed by atoms with Gasteiger partial charge in [0, 0.05) is 24.2 Å². The Morgan fingerprint density at radius 1 is 1.16 bits per heavy atom. The normalized spacial score (nSPS) is 17.4. The van der Waals surface area contributed by atoms with Crippen LogP contribution in [0.2, 0.25) is 5.02 Å². The van der Waals surface area contributed by atoms with Gasteiger partial charge in [-0.15, -0.1) is 0 Å². The second-order valence-corrected chi connectivity index (χ2v) is 7.67. The lowest BCUT2D eigenvalue weighted by molar-refractivity contribution is 0.353. The third-order valence-corrected chi connectivity index (χ3v) is 5.83. The molecule has 8 nitrogen and oxygen atoms in total. The van der Waals surface area contributed by atoms with Crippen molar-refractivity contribution < 1.29 is 9.47 Å². The average molecular weight is 433 g/mol. The molecule has 1 unspecified atom stereocenters. The van der Waals surface area contributed by atoms with Crippen molar-refractivity contribution in [2.75, 3.05) is 14.2 Å². The molecule has 0 saturated heterocycles. The largest absolute Gasteiger partial charge is 0.480 e. The Bertz CT molecular complexity index is 1350. The Morgan fingerprint density at radius 2 is 2.03 bits per heavy atom. The standard InChI is InChI=1S/C22H17ClN6O2/c1-30-21-17(11-26-22(27-21)31-2)19-9-16(20-25-5-6-29(20)28-19)15-8-14(15)12-3-4-18(23)13(7-12)10-24/h3-7,9,11,14-15H,8H2,1-2H3/t14-,15?/m1/s1. The van der Waals surface area contributed by atoms with E-state index >= 15 is 0 Å². The van der Waals surface area contributed by atoms with E-state index in [1.54, 1.807) is 30.1 Å².